The summed E-state index contributed by atoms with van der Waals surface area (Å²) >= 11 is 3.36. The topological polar surface area (TPSA) is 99.3 Å². The number of benzene rings is 2. The number of amides is 1. The van der Waals surface area contributed by atoms with Crippen molar-refractivity contribution in [2.24, 2.45) is 0 Å². The van der Waals surface area contributed by atoms with Gasteiger partial charge in [-0.25, -0.2) is 8.42 Å². The maximum absolute atomic E-state index is 12.9. The number of rotatable bonds is 6. The minimum atomic E-state index is -3.71. The largest absolute Gasteiger partial charge is 0.322 e. The highest BCUT2D eigenvalue weighted by molar-refractivity contribution is 9.10. The molecule has 2 N–H and O–H groups in total. The van der Waals surface area contributed by atoms with Gasteiger partial charge >= 0.3 is 0 Å². The summed E-state index contributed by atoms with van der Waals surface area (Å²) in [6, 6.07) is 12.6. The van der Waals surface area contributed by atoms with Crippen LogP contribution in [0.2, 0.25) is 0 Å². The summed E-state index contributed by atoms with van der Waals surface area (Å²) in [5.74, 6) is -0.509. The number of fused-ring (bicyclic) bond motifs is 1. The number of H-pyrrole nitrogens is 1. The van der Waals surface area contributed by atoms with Gasteiger partial charge in [-0.15, -0.1) is 0 Å². The van der Waals surface area contributed by atoms with Crippen LogP contribution in [0, 0.1) is 0 Å². The molecule has 152 valence electrons. The van der Waals surface area contributed by atoms with Gasteiger partial charge in [0.05, 0.1) is 16.1 Å². The molecule has 3 aromatic rings. The fourth-order valence-electron chi connectivity index (χ4n) is 3.05. The molecule has 1 heterocycles. The van der Waals surface area contributed by atoms with Crippen molar-refractivity contribution in [3.05, 3.63) is 68.9 Å². The van der Waals surface area contributed by atoms with E-state index >= 15 is 0 Å². The van der Waals surface area contributed by atoms with Crippen molar-refractivity contribution in [1.82, 2.24) is 9.29 Å². The molecule has 1 amide bonds. The van der Waals surface area contributed by atoms with Gasteiger partial charge < -0.3 is 10.3 Å². The molecule has 0 unspecified atom stereocenters. The smallest absolute Gasteiger partial charge is 0.256 e. The molecule has 3 rings (SSSR count). The maximum Gasteiger partial charge on any atom is 0.256 e. The summed E-state index contributed by atoms with van der Waals surface area (Å²) in [6.07, 6.45) is 0. The summed E-state index contributed by atoms with van der Waals surface area (Å²) in [7, 11) is -3.71. The van der Waals surface area contributed by atoms with Gasteiger partial charge in [0.1, 0.15) is 0 Å². The van der Waals surface area contributed by atoms with Crippen LogP contribution in [0.15, 0.2) is 62.7 Å². The number of anilines is 1. The number of sulfonamides is 1. The highest BCUT2D eigenvalue weighted by Crippen LogP contribution is 2.25. The average Bonchev–Trinajstić information content (AvgIpc) is 2.69. The zero-order valence-corrected chi connectivity index (χ0v) is 18.3. The Labute approximate surface area is 176 Å². The van der Waals surface area contributed by atoms with Gasteiger partial charge in [-0.05, 0) is 46.3 Å². The number of nitrogens with zero attached hydrogens (tertiary/aromatic N) is 1. The lowest BCUT2D eigenvalue weighted by molar-refractivity contribution is 0.102. The number of carbonyl (C=O) groups excluding carboxylic acids is 1. The van der Waals surface area contributed by atoms with Crippen LogP contribution >= 0.6 is 15.9 Å². The van der Waals surface area contributed by atoms with Crippen LogP contribution in [0.5, 0.6) is 0 Å². The first-order valence-electron chi connectivity index (χ1n) is 9.01. The fourth-order valence-corrected chi connectivity index (χ4v) is 4.91. The highest BCUT2D eigenvalue weighted by Gasteiger charge is 2.23. The molecule has 0 spiro atoms. The molecule has 7 nitrogen and oxygen atoms in total. The number of pyridine rings is 1. The van der Waals surface area contributed by atoms with Gasteiger partial charge in [-0.2, -0.15) is 4.31 Å². The Kier molecular flexibility index (Phi) is 6.21. The van der Waals surface area contributed by atoms with Crippen molar-refractivity contribution in [2.75, 3.05) is 18.4 Å². The van der Waals surface area contributed by atoms with Crippen molar-refractivity contribution < 1.29 is 13.2 Å². The Hall–Kier alpha value is -2.49. The standard InChI is InChI=1S/C20H20BrN3O4S/c1-3-24(4-2)29(27,28)13-9-10-17-14(11-13)15(12-19(25)22-17)20(26)23-18-8-6-5-7-16(18)21/h5-12H,3-4H2,1-2H3,(H,22,25)(H,23,26). The third-order valence-corrected chi connectivity index (χ3v) is 7.26. The van der Waals surface area contributed by atoms with Crippen LogP contribution in [-0.2, 0) is 10.0 Å². The van der Waals surface area contributed by atoms with Crippen molar-refractivity contribution in [3.8, 4) is 0 Å². The van der Waals surface area contributed by atoms with Gasteiger partial charge in [-0.3, -0.25) is 9.59 Å². The van der Waals surface area contributed by atoms with Crippen LogP contribution in [0.4, 0.5) is 5.69 Å². The number of nitrogens with one attached hydrogen (secondary N) is 2. The molecule has 0 saturated carbocycles. The molecule has 0 radical (unpaired) electrons. The molecule has 1 aromatic heterocycles. The van der Waals surface area contributed by atoms with E-state index in [1.807, 2.05) is 6.07 Å². The molecular formula is C20H20BrN3O4S. The van der Waals surface area contributed by atoms with Crippen LogP contribution in [-0.4, -0.2) is 36.7 Å². The Morgan fingerprint density at radius 1 is 1.10 bits per heavy atom. The number of hydrogen-bond donors (Lipinski definition) is 2. The molecule has 0 aliphatic heterocycles. The molecular weight excluding hydrogens is 458 g/mol. The molecule has 0 saturated heterocycles. The second kappa shape index (κ2) is 8.48. The third kappa shape index (κ3) is 4.26. The molecule has 0 aliphatic rings. The Balaban J connectivity index is 2.13. The Morgan fingerprint density at radius 3 is 2.45 bits per heavy atom. The van der Waals surface area contributed by atoms with Gasteiger partial charge in [0, 0.05) is 34.5 Å². The van der Waals surface area contributed by atoms with Crippen LogP contribution in [0.3, 0.4) is 0 Å². The minimum Gasteiger partial charge on any atom is -0.322 e. The number of aromatic nitrogens is 1. The molecule has 9 heteroatoms. The summed E-state index contributed by atoms with van der Waals surface area (Å²) in [5.41, 5.74) is 0.566. The lowest BCUT2D eigenvalue weighted by atomic mass is 10.1. The fraction of sp³-hybridized carbons (Fsp3) is 0.200. The molecule has 2 aromatic carbocycles. The van der Waals surface area contributed by atoms with E-state index in [0.29, 0.717) is 34.2 Å². The van der Waals surface area contributed by atoms with Gasteiger partial charge in [0.25, 0.3) is 5.91 Å². The summed E-state index contributed by atoms with van der Waals surface area (Å²) in [5, 5.41) is 3.10. The van der Waals surface area contributed by atoms with E-state index in [2.05, 4.69) is 26.2 Å². The van der Waals surface area contributed by atoms with Crippen LogP contribution in [0.1, 0.15) is 24.2 Å². The van der Waals surface area contributed by atoms with E-state index < -0.39 is 21.5 Å². The van der Waals surface area contributed by atoms with Crippen LogP contribution < -0.4 is 10.9 Å². The zero-order valence-electron chi connectivity index (χ0n) is 15.9. The average molecular weight is 478 g/mol. The molecule has 0 fully saturated rings. The van der Waals surface area contributed by atoms with Crippen molar-refractivity contribution >= 4 is 48.5 Å². The summed E-state index contributed by atoms with van der Waals surface area (Å²) < 4.78 is 27.8. The predicted octanol–water partition coefficient (Wildman–Crippen LogP) is 3.57. The second-order valence-electron chi connectivity index (χ2n) is 6.28. The number of carbonyl (C=O) groups is 1. The normalized spacial score (nSPS) is 11.7. The molecule has 0 bridgehead atoms. The monoisotopic (exact) mass is 477 g/mol. The first-order chi connectivity index (χ1) is 13.8. The maximum atomic E-state index is 12.9. The quantitative estimate of drug-likeness (QED) is 0.566. The van der Waals surface area contributed by atoms with Crippen molar-refractivity contribution in [1.29, 1.82) is 0 Å². The van der Waals surface area contributed by atoms with E-state index in [-0.39, 0.29) is 10.5 Å². The van der Waals surface area contributed by atoms with Gasteiger partial charge in [-0.1, -0.05) is 26.0 Å². The van der Waals surface area contributed by atoms with E-state index in [4.69, 9.17) is 0 Å². The zero-order chi connectivity index (χ0) is 21.2. The lowest BCUT2D eigenvalue weighted by Crippen LogP contribution is -2.30. The van der Waals surface area contributed by atoms with Crippen LogP contribution in [0.25, 0.3) is 10.9 Å². The van der Waals surface area contributed by atoms with E-state index in [9.17, 15) is 18.0 Å². The highest BCUT2D eigenvalue weighted by atomic mass is 79.9. The Bertz CT molecular complexity index is 1230. The summed E-state index contributed by atoms with van der Waals surface area (Å²) in [4.78, 5) is 27.6. The van der Waals surface area contributed by atoms with E-state index in [0.717, 1.165) is 0 Å². The predicted molar refractivity (Wildman–Crippen MR) is 117 cm³/mol. The first-order valence-corrected chi connectivity index (χ1v) is 11.2. The molecule has 0 aliphatic carbocycles. The van der Waals surface area contributed by atoms with Gasteiger partial charge in [0.15, 0.2) is 0 Å². The number of hydrogen-bond acceptors (Lipinski definition) is 4. The SMILES string of the molecule is CCN(CC)S(=O)(=O)c1ccc2[nH]c(=O)cc(C(=O)Nc3ccccc3Br)c2c1. The third-order valence-electron chi connectivity index (χ3n) is 4.52. The summed E-state index contributed by atoms with van der Waals surface area (Å²) in [6.45, 7) is 4.18. The van der Waals surface area contributed by atoms with Crippen molar-refractivity contribution in [3.63, 3.8) is 0 Å². The van der Waals surface area contributed by atoms with Crippen molar-refractivity contribution in [2.45, 2.75) is 18.7 Å². The van der Waals surface area contributed by atoms with E-state index in [1.165, 1.54) is 28.6 Å². The van der Waals surface area contributed by atoms with Gasteiger partial charge in [0.2, 0.25) is 15.6 Å². The minimum absolute atomic E-state index is 0.0655. The van der Waals surface area contributed by atoms with E-state index in [1.54, 1.807) is 32.0 Å². The lowest BCUT2D eigenvalue weighted by Gasteiger charge is -2.19. The number of aromatic amines is 1. The number of para-hydroxylation sites is 1. The number of halogens is 1. The first kappa shape index (κ1) is 21.2. The molecule has 0 atom stereocenters. The second-order valence-corrected chi connectivity index (χ2v) is 9.07. The Morgan fingerprint density at radius 2 is 1.79 bits per heavy atom. The molecule has 29 heavy (non-hydrogen) atoms.